The van der Waals surface area contributed by atoms with Crippen molar-refractivity contribution < 1.29 is 0 Å². The van der Waals surface area contributed by atoms with Crippen LogP contribution in [0.3, 0.4) is 0 Å². The van der Waals surface area contributed by atoms with Gasteiger partial charge in [-0.2, -0.15) is 0 Å². The van der Waals surface area contributed by atoms with E-state index in [1.54, 1.807) is 0 Å². The molecule has 104 valence electrons. The summed E-state index contributed by atoms with van der Waals surface area (Å²) in [6.07, 6.45) is 2.09. The summed E-state index contributed by atoms with van der Waals surface area (Å²) in [6.45, 7) is 4.96. The third-order valence-corrected chi connectivity index (χ3v) is 4.74. The van der Waals surface area contributed by atoms with Crippen LogP contribution in [-0.2, 0) is 12.8 Å². The number of hydrogen-bond acceptors (Lipinski definition) is 3. The molecule has 1 aliphatic carbocycles. The molecule has 4 heteroatoms. The highest BCUT2D eigenvalue weighted by Gasteiger charge is 2.25. The van der Waals surface area contributed by atoms with E-state index < -0.39 is 0 Å². The molecule has 0 atom stereocenters. The number of fused-ring (bicyclic) bond motifs is 1. The second kappa shape index (κ2) is 5.52. The number of aromatic nitrogens is 2. The molecule has 20 heavy (non-hydrogen) atoms. The molecule has 1 heterocycles. The zero-order valence-corrected chi connectivity index (χ0v) is 13.4. The Morgan fingerprint density at radius 2 is 1.85 bits per heavy atom. The van der Waals surface area contributed by atoms with Gasteiger partial charge in [-0.15, -0.1) is 0 Å². The molecule has 0 aliphatic heterocycles. The highest BCUT2D eigenvalue weighted by Crippen LogP contribution is 2.34. The fourth-order valence-corrected chi connectivity index (χ4v) is 3.11. The predicted molar refractivity (Wildman–Crippen MR) is 85.2 cm³/mol. The van der Waals surface area contributed by atoms with Gasteiger partial charge in [0, 0.05) is 12.5 Å². The molecule has 1 aromatic carbocycles. The first-order valence-corrected chi connectivity index (χ1v) is 7.83. The number of rotatable bonds is 3. The Bertz CT molecular complexity index is 615. The number of anilines is 1. The van der Waals surface area contributed by atoms with Crippen molar-refractivity contribution in [3.8, 4) is 0 Å². The van der Waals surface area contributed by atoms with E-state index in [-0.39, 0.29) is 0 Å². The Hall–Kier alpha value is -1.42. The zero-order chi connectivity index (χ0) is 14.1. The molecule has 2 aromatic rings. The lowest BCUT2D eigenvalue weighted by Gasteiger charge is -2.13. The van der Waals surface area contributed by atoms with Crippen molar-refractivity contribution >= 4 is 21.7 Å². The summed E-state index contributed by atoms with van der Waals surface area (Å²) in [5.74, 6) is 2.26. The standard InChI is InChI=1S/C16H18BrN3/c1-3-18-16-14(17)10(2)19-15(20-16)13-8-11-6-4-5-7-12(11)9-13/h4-7,13H,3,8-9H2,1-2H3,(H,18,19,20). The van der Waals surface area contributed by atoms with Crippen molar-refractivity contribution in [2.24, 2.45) is 0 Å². The Kier molecular flexibility index (Phi) is 3.74. The summed E-state index contributed by atoms with van der Waals surface area (Å²) in [5, 5.41) is 3.30. The molecule has 0 radical (unpaired) electrons. The van der Waals surface area contributed by atoms with E-state index >= 15 is 0 Å². The molecule has 1 N–H and O–H groups in total. The maximum atomic E-state index is 4.72. The van der Waals surface area contributed by atoms with Gasteiger partial charge in [-0.05, 0) is 53.7 Å². The van der Waals surface area contributed by atoms with Crippen LogP contribution in [0.2, 0.25) is 0 Å². The van der Waals surface area contributed by atoms with Crippen LogP contribution in [0.25, 0.3) is 0 Å². The molecule has 1 aliphatic rings. The average molecular weight is 332 g/mol. The average Bonchev–Trinajstić information content (AvgIpc) is 2.87. The topological polar surface area (TPSA) is 37.8 Å². The van der Waals surface area contributed by atoms with Gasteiger partial charge < -0.3 is 5.32 Å². The number of aryl methyl sites for hydroxylation is 1. The first kappa shape index (κ1) is 13.6. The first-order valence-electron chi connectivity index (χ1n) is 7.03. The summed E-state index contributed by atoms with van der Waals surface area (Å²) >= 11 is 3.56. The lowest BCUT2D eigenvalue weighted by molar-refractivity contribution is 0.677. The van der Waals surface area contributed by atoms with Gasteiger partial charge in [-0.3, -0.25) is 0 Å². The van der Waals surface area contributed by atoms with Crippen molar-refractivity contribution in [3.05, 3.63) is 51.4 Å². The van der Waals surface area contributed by atoms with Crippen LogP contribution < -0.4 is 5.32 Å². The van der Waals surface area contributed by atoms with Gasteiger partial charge >= 0.3 is 0 Å². The Balaban J connectivity index is 1.93. The van der Waals surface area contributed by atoms with E-state index in [2.05, 4.69) is 57.4 Å². The molecule has 0 unspecified atom stereocenters. The summed E-state index contributed by atoms with van der Waals surface area (Å²) in [7, 11) is 0. The first-order chi connectivity index (χ1) is 9.69. The van der Waals surface area contributed by atoms with E-state index in [0.717, 1.165) is 41.2 Å². The predicted octanol–water partition coefficient (Wildman–Crippen LogP) is 3.86. The van der Waals surface area contributed by atoms with E-state index in [9.17, 15) is 0 Å². The Labute approximate surface area is 128 Å². The Morgan fingerprint density at radius 1 is 1.20 bits per heavy atom. The molecule has 1 aromatic heterocycles. The molecule has 0 amide bonds. The van der Waals surface area contributed by atoms with Crippen LogP contribution in [0.15, 0.2) is 28.7 Å². The highest BCUT2D eigenvalue weighted by molar-refractivity contribution is 9.10. The van der Waals surface area contributed by atoms with Crippen LogP contribution in [0, 0.1) is 6.92 Å². The fraction of sp³-hybridized carbons (Fsp3) is 0.375. The normalized spacial score (nSPS) is 14.3. The van der Waals surface area contributed by atoms with Crippen molar-refractivity contribution in [3.63, 3.8) is 0 Å². The lowest BCUT2D eigenvalue weighted by Crippen LogP contribution is -2.10. The second-order valence-corrected chi connectivity index (χ2v) is 6.03. The SMILES string of the molecule is CCNc1nc(C2Cc3ccccc3C2)nc(C)c1Br. The molecule has 3 nitrogen and oxygen atoms in total. The van der Waals surface area contributed by atoms with E-state index in [0.29, 0.717) is 5.92 Å². The van der Waals surface area contributed by atoms with E-state index in [1.165, 1.54) is 11.1 Å². The molecule has 0 saturated heterocycles. The smallest absolute Gasteiger partial charge is 0.144 e. The van der Waals surface area contributed by atoms with Crippen molar-refractivity contribution in [1.82, 2.24) is 9.97 Å². The number of nitrogens with one attached hydrogen (secondary N) is 1. The summed E-state index contributed by atoms with van der Waals surface area (Å²) in [4.78, 5) is 9.40. The highest BCUT2D eigenvalue weighted by atomic mass is 79.9. The molecule has 0 bridgehead atoms. The maximum Gasteiger partial charge on any atom is 0.144 e. The third-order valence-electron chi connectivity index (χ3n) is 3.79. The number of benzene rings is 1. The minimum absolute atomic E-state index is 0.400. The number of nitrogens with zero attached hydrogens (tertiary/aromatic N) is 2. The number of halogens is 1. The third kappa shape index (κ3) is 2.44. The van der Waals surface area contributed by atoms with Crippen molar-refractivity contribution in [1.29, 1.82) is 0 Å². The maximum absolute atomic E-state index is 4.72. The monoisotopic (exact) mass is 331 g/mol. The van der Waals surface area contributed by atoms with Gasteiger partial charge in [-0.25, -0.2) is 9.97 Å². The van der Waals surface area contributed by atoms with Gasteiger partial charge in [0.1, 0.15) is 11.6 Å². The van der Waals surface area contributed by atoms with Crippen LogP contribution in [0.5, 0.6) is 0 Å². The van der Waals surface area contributed by atoms with Gasteiger partial charge in [0.25, 0.3) is 0 Å². The van der Waals surface area contributed by atoms with Crippen molar-refractivity contribution in [2.45, 2.75) is 32.6 Å². The number of hydrogen-bond donors (Lipinski definition) is 1. The van der Waals surface area contributed by atoms with Crippen molar-refractivity contribution in [2.75, 3.05) is 11.9 Å². The molecule has 0 saturated carbocycles. The summed E-state index contributed by atoms with van der Waals surface area (Å²) < 4.78 is 0.971. The fourth-order valence-electron chi connectivity index (χ4n) is 2.79. The van der Waals surface area contributed by atoms with Gasteiger partial charge in [0.15, 0.2) is 0 Å². The molecular formula is C16H18BrN3. The van der Waals surface area contributed by atoms with E-state index in [4.69, 9.17) is 4.98 Å². The zero-order valence-electron chi connectivity index (χ0n) is 11.8. The van der Waals surface area contributed by atoms with Crippen LogP contribution in [0.4, 0.5) is 5.82 Å². The van der Waals surface area contributed by atoms with Gasteiger partial charge in [-0.1, -0.05) is 24.3 Å². The van der Waals surface area contributed by atoms with Crippen LogP contribution >= 0.6 is 15.9 Å². The van der Waals surface area contributed by atoms with Crippen LogP contribution in [0.1, 0.15) is 35.5 Å². The lowest BCUT2D eigenvalue weighted by atomic mass is 10.1. The molecule has 0 fully saturated rings. The minimum atomic E-state index is 0.400. The summed E-state index contributed by atoms with van der Waals surface area (Å²) in [5.41, 5.74) is 3.88. The quantitative estimate of drug-likeness (QED) is 0.927. The van der Waals surface area contributed by atoms with E-state index in [1.807, 2.05) is 6.92 Å². The van der Waals surface area contributed by atoms with Gasteiger partial charge in [0.05, 0.1) is 10.2 Å². The van der Waals surface area contributed by atoms with Gasteiger partial charge in [0.2, 0.25) is 0 Å². The second-order valence-electron chi connectivity index (χ2n) is 5.23. The molecular weight excluding hydrogens is 314 g/mol. The Morgan fingerprint density at radius 3 is 2.45 bits per heavy atom. The summed E-state index contributed by atoms with van der Waals surface area (Å²) in [6, 6.07) is 8.65. The minimum Gasteiger partial charge on any atom is -0.369 e. The molecule has 3 rings (SSSR count). The van der Waals surface area contributed by atoms with Crippen LogP contribution in [-0.4, -0.2) is 16.5 Å². The molecule has 0 spiro atoms. The largest absolute Gasteiger partial charge is 0.369 e.